The van der Waals surface area contributed by atoms with E-state index in [9.17, 15) is 18.0 Å². The highest BCUT2D eigenvalue weighted by atomic mass is 19.4. The van der Waals surface area contributed by atoms with Crippen molar-refractivity contribution in [1.82, 2.24) is 15.0 Å². The zero-order chi connectivity index (χ0) is 19.3. The first-order chi connectivity index (χ1) is 12.9. The number of hydrazone groups is 1. The van der Waals surface area contributed by atoms with Gasteiger partial charge in [-0.3, -0.25) is 4.79 Å². The first kappa shape index (κ1) is 18.4. The standard InChI is InChI=1S/C19H15F3N4O/c20-19(21,22)18-24-15-10-4-5-11-16(15)26(18)13-17(27)25-23-12-6-9-14-7-2-1-3-8-14/h1-12H,13H2,(H,25,27). The van der Waals surface area contributed by atoms with Gasteiger partial charge >= 0.3 is 6.18 Å². The van der Waals surface area contributed by atoms with Crippen molar-refractivity contribution in [2.75, 3.05) is 0 Å². The minimum atomic E-state index is -4.67. The highest BCUT2D eigenvalue weighted by Gasteiger charge is 2.37. The molecule has 0 aliphatic rings. The van der Waals surface area contributed by atoms with E-state index in [2.05, 4.69) is 15.5 Å². The van der Waals surface area contributed by atoms with Crippen LogP contribution in [0.4, 0.5) is 13.2 Å². The van der Waals surface area contributed by atoms with E-state index in [0.717, 1.165) is 10.1 Å². The van der Waals surface area contributed by atoms with Crippen molar-refractivity contribution in [1.29, 1.82) is 0 Å². The van der Waals surface area contributed by atoms with Crippen LogP contribution in [0.5, 0.6) is 0 Å². The molecular weight excluding hydrogens is 357 g/mol. The van der Waals surface area contributed by atoms with Crippen molar-refractivity contribution in [3.63, 3.8) is 0 Å². The molecule has 1 N–H and O–H groups in total. The number of carbonyl (C=O) groups excluding carboxylic acids is 1. The fourth-order valence-corrected chi connectivity index (χ4v) is 2.50. The minimum absolute atomic E-state index is 0.173. The molecule has 1 amide bonds. The molecule has 0 saturated carbocycles. The number of hydrogen-bond donors (Lipinski definition) is 1. The summed E-state index contributed by atoms with van der Waals surface area (Å²) in [5.74, 6) is -1.81. The van der Waals surface area contributed by atoms with Crippen molar-refractivity contribution in [2.24, 2.45) is 5.10 Å². The predicted octanol–water partition coefficient (Wildman–Crippen LogP) is 3.87. The highest BCUT2D eigenvalue weighted by Crippen LogP contribution is 2.31. The van der Waals surface area contributed by atoms with Crippen molar-refractivity contribution in [3.05, 3.63) is 72.1 Å². The maximum Gasteiger partial charge on any atom is 0.449 e. The Bertz CT molecular complexity index is 991. The molecule has 0 fully saturated rings. The Kier molecular flexibility index (Phi) is 5.35. The number of benzene rings is 2. The molecule has 2 aromatic carbocycles. The van der Waals surface area contributed by atoms with Gasteiger partial charge in [0.2, 0.25) is 5.82 Å². The van der Waals surface area contributed by atoms with Gasteiger partial charge in [-0.05, 0) is 23.8 Å². The predicted molar refractivity (Wildman–Crippen MR) is 96.8 cm³/mol. The topological polar surface area (TPSA) is 59.3 Å². The van der Waals surface area contributed by atoms with E-state index in [4.69, 9.17) is 0 Å². The third-order valence-electron chi connectivity index (χ3n) is 3.65. The largest absolute Gasteiger partial charge is 0.449 e. The van der Waals surface area contributed by atoms with E-state index in [1.807, 2.05) is 30.3 Å². The molecule has 0 radical (unpaired) electrons. The van der Waals surface area contributed by atoms with E-state index in [-0.39, 0.29) is 11.0 Å². The number of halogens is 3. The van der Waals surface area contributed by atoms with Crippen LogP contribution in [0.1, 0.15) is 11.4 Å². The zero-order valence-corrected chi connectivity index (χ0v) is 14.0. The van der Waals surface area contributed by atoms with Gasteiger partial charge in [-0.1, -0.05) is 48.5 Å². The number of fused-ring (bicyclic) bond motifs is 1. The summed E-state index contributed by atoms with van der Waals surface area (Å²) in [6.45, 7) is -0.547. The third kappa shape index (κ3) is 4.60. The number of para-hydroxylation sites is 2. The number of amides is 1. The molecule has 0 saturated heterocycles. The molecule has 138 valence electrons. The summed E-state index contributed by atoms with van der Waals surface area (Å²) < 4.78 is 40.4. The fraction of sp³-hybridized carbons (Fsp3) is 0.105. The van der Waals surface area contributed by atoms with Crippen LogP contribution in [0.15, 0.2) is 65.8 Å². The lowest BCUT2D eigenvalue weighted by Gasteiger charge is -2.10. The molecule has 3 rings (SSSR count). The number of rotatable bonds is 5. The second kappa shape index (κ2) is 7.86. The minimum Gasteiger partial charge on any atom is -0.311 e. The summed E-state index contributed by atoms with van der Waals surface area (Å²) in [6, 6.07) is 15.6. The number of nitrogens with one attached hydrogen (secondary N) is 1. The highest BCUT2D eigenvalue weighted by molar-refractivity contribution is 5.83. The lowest BCUT2D eigenvalue weighted by Crippen LogP contribution is -2.26. The van der Waals surface area contributed by atoms with Crippen molar-refractivity contribution >= 4 is 29.2 Å². The van der Waals surface area contributed by atoms with Crippen LogP contribution in [0, 0.1) is 0 Å². The van der Waals surface area contributed by atoms with Gasteiger partial charge in [0.25, 0.3) is 5.91 Å². The number of imidazole rings is 1. The Labute approximate surface area is 152 Å². The van der Waals surface area contributed by atoms with Crippen molar-refractivity contribution in [3.8, 4) is 0 Å². The molecule has 0 bridgehead atoms. The molecule has 0 unspecified atom stereocenters. The molecule has 0 aliphatic carbocycles. The molecule has 0 spiro atoms. The van der Waals surface area contributed by atoms with Gasteiger partial charge in [-0.15, -0.1) is 0 Å². The number of carbonyl (C=O) groups is 1. The second-order valence-corrected chi connectivity index (χ2v) is 5.59. The lowest BCUT2D eigenvalue weighted by molar-refractivity contribution is -0.147. The smallest absolute Gasteiger partial charge is 0.311 e. The van der Waals surface area contributed by atoms with E-state index < -0.39 is 24.5 Å². The summed E-state index contributed by atoms with van der Waals surface area (Å²) in [7, 11) is 0. The molecule has 1 aromatic heterocycles. The number of alkyl halides is 3. The van der Waals surface area contributed by atoms with E-state index in [1.165, 1.54) is 18.3 Å². The van der Waals surface area contributed by atoms with E-state index >= 15 is 0 Å². The summed E-state index contributed by atoms with van der Waals surface area (Å²) in [6.07, 6.45) is 0.0761. The third-order valence-corrected chi connectivity index (χ3v) is 3.65. The monoisotopic (exact) mass is 372 g/mol. The number of allylic oxidation sites excluding steroid dienone is 1. The fourth-order valence-electron chi connectivity index (χ4n) is 2.50. The van der Waals surface area contributed by atoms with Crippen LogP contribution in [-0.2, 0) is 17.5 Å². The second-order valence-electron chi connectivity index (χ2n) is 5.59. The summed E-state index contributed by atoms with van der Waals surface area (Å²) in [5.41, 5.74) is 3.57. The Morgan fingerprint density at radius 2 is 1.81 bits per heavy atom. The van der Waals surface area contributed by atoms with Gasteiger partial charge in [0.1, 0.15) is 6.54 Å². The Morgan fingerprint density at radius 1 is 1.11 bits per heavy atom. The lowest BCUT2D eigenvalue weighted by atomic mass is 10.2. The van der Waals surface area contributed by atoms with Crippen LogP contribution >= 0.6 is 0 Å². The molecular formula is C19H15F3N4O. The first-order valence-corrected chi connectivity index (χ1v) is 8.01. The van der Waals surface area contributed by atoms with Crippen LogP contribution < -0.4 is 5.43 Å². The van der Waals surface area contributed by atoms with Crippen molar-refractivity contribution in [2.45, 2.75) is 12.7 Å². The first-order valence-electron chi connectivity index (χ1n) is 8.01. The molecule has 5 nitrogen and oxygen atoms in total. The summed E-state index contributed by atoms with van der Waals surface area (Å²) in [5, 5.41) is 3.71. The van der Waals surface area contributed by atoms with Crippen LogP contribution in [-0.4, -0.2) is 21.7 Å². The van der Waals surface area contributed by atoms with Gasteiger partial charge in [-0.2, -0.15) is 18.3 Å². The summed E-state index contributed by atoms with van der Waals surface area (Å²) >= 11 is 0. The van der Waals surface area contributed by atoms with Crippen LogP contribution in [0.2, 0.25) is 0 Å². The average Bonchev–Trinajstić information content (AvgIpc) is 3.01. The summed E-state index contributed by atoms with van der Waals surface area (Å²) in [4.78, 5) is 15.6. The SMILES string of the molecule is O=C(Cn1c(C(F)(F)F)nc2ccccc21)NN=CC=Cc1ccccc1. The molecule has 0 atom stereocenters. The maximum atomic E-state index is 13.2. The van der Waals surface area contributed by atoms with Gasteiger partial charge < -0.3 is 4.57 Å². The van der Waals surface area contributed by atoms with E-state index in [1.54, 1.807) is 24.3 Å². The molecule has 0 aliphatic heterocycles. The van der Waals surface area contributed by atoms with Gasteiger partial charge in [0, 0.05) is 6.21 Å². The van der Waals surface area contributed by atoms with Gasteiger partial charge in [0.15, 0.2) is 0 Å². The van der Waals surface area contributed by atoms with Crippen molar-refractivity contribution < 1.29 is 18.0 Å². The van der Waals surface area contributed by atoms with E-state index in [0.29, 0.717) is 0 Å². The Hall–Kier alpha value is -3.42. The molecule has 27 heavy (non-hydrogen) atoms. The van der Waals surface area contributed by atoms with Crippen LogP contribution in [0.25, 0.3) is 17.1 Å². The van der Waals surface area contributed by atoms with Gasteiger partial charge in [-0.25, -0.2) is 10.4 Å². The number of nitrogens with zero attached hydrogens (tertiary/aromatic N) is 3. The average molecular weight is 372 g/mol. The van der Waals surface area contributed by atoms with Crippen LogP contribution in [0.3, 0.4) is 0 Å². The van der Waals surface area contributed by atoms with Gasteiger partial charge in [0.05, 0.1) is 11.0 Å². The quantitative estimate of drug-likeness (QED) is 0.546. The zero-order valence-electron chi connectivity index (χ0n) is 14.0. The maximum absolute atomic E-state index is 13.2. The Balaban J connectivity index is 1.69. The normalized spacial score (nSPS) is 12.3. The molecule has 3 aromatic rings. The number of aromatic nitrogens is 2. The molecule has 8 heteroatoms. The number of hydrogen-bond acceptors (Lipinski definition) is 3. The molecule has 1 heterocycles. The Morgan fingerprint density at radius 3 is 2.56 bits per heavy atom.